The van der Waals surface area contributed by atoms with E-state index in [1.807, 2.05) is 0 Å². The molecule has 0 fully saturated rings. The predicted molar refractivity (Wildman–Crippen MR) is 100 cm³/mol. The van der Waals surface area contributed by atoms with Gasteiger partial charge in [-0.2, -0.15) is 0 Å². The lowest BCUT2D eigenvalue weighted by molar-refractivity contribution is -0.116. The van der Waals surface area contributed by atoms with Gasteiger partial charge in [0.2, 0.25) is 5.91 Å². The topological polar surface area (TPSA) is 94.7 Å². The van der Waals surface area contributed by atoms with Crippen LogP contribution >= 0.6 is 0 Å². The van der Waals surface area contributed by atoms with Crippen molar-refractivity contribution < 1.29 is 22.4 Å². The molecule has 4 aromatic rings. The second-order valence-corrected chi connectivity index (χ2v) is 6.55. The van der Waals surface area contributed by atoms with Gasteiger partial charge in [-0.1, -0.05) is 5.21 Å². The molecule has 31 heavy (non-hydrogen) atoms. The van der Waals surface area contributed by atoms with Gasteiger partial charge in [0.1, 0.15) is 36.1 Å². The number of halogens is 4. The van der Waals surface area contributed by atoms with E-state index in [0.29, 0.717) is 0 Å². The molecule has 0 bridgehead atoms. The average molecular weight is 432 g/mol. The van der Waals surface area contributed by atoms with Crippen LogP contribution in [0.1, 0.15) is 5.56 Å². The van der Waals surface area contributed by atoms with E-state index >= 15 is 0 Å². The fourth-order valence-electron chi connectivity index (χ4n) is 2.92. The maximum Gasteiger partial charge on any atom is 0.283 e. The Morgan fingerprint density at radius 3 is 2.48 bits per heavy atom. The molecule has 0 aliphatic rings. The SMILES string of the molecule is O=C(Cn1cnc2c(nnn2Cc2cc(F)cc(F)c2)c1=O)Nc1cc(F)ccc1F. The first-order chi connectivity index (χ1) is 14.8. The lowest BCUT2D eigenvalue weighted by Crippen LogP contribution is -2.28. The Morgan fingerprint density at radius 1 is 1.00 bits per heavy atom. The van der Waals surface area contributed by atoms with E-state index in [1.54, 1.807) is 0 Å². The minimum atomic E-state index is -0.840. The van der Waals surface area contributed by atoms with Crippen LogP contribution in [0.25, 0.3) is 11.2 Å². The van der Waals surface area contributed by atoms with E-state index in [4.69, 9.17) is 0 Å². The molecule has 0 aliphatic carbocycles. The smallest absolute Gasteiger partial charge is 0.283 e. The molecule has 158 valence electrons. The molecular weight excluding hydrogens is 420 g/mol. The third-order valence-corrected chi connectivity index (χ3v) is 4.26. The number of carbonyl (C=O) groups excluding carboxylic acids is 1. The highest BCUT2D eigenvalue weighted by atomic mass is 19.1. The van der Waals surface area contributed by atoms with Crippen molar-refractivity contribution in [3.8, 4) is 0 Å². The van der Waals surface area contributed by atoms with Gasteiger partial charge in [-0.25, -0.2) is 27.2 Å². The van der Waals surface area contributed by atoms with Crippen LogP contribution in [0.15, 0.2) is 47.5 Å². The number of anilines is 1. The monoisotopic (exact) mass is 432 g/mol. The third-order valence-electron chi connectivity index (χ3n) is 4.26. The largest absolute Gasteiger partial charge is 0.322 e. The van der Waals surface area contributed by atoms with E-state index in [2.05, 4.69) is 20.6 Å². The number of carbonyl (C=O) groups is 1. The van der Waals surface area contributed by atoms with Crippen molar-refractivity contribution in [2.45, 2.75) is 13.1 Å². The zero-order valence-electron chi connectivity index (χ0n) is 15.5. The molecule has 0 atom stereocenters. The first-order valence-electron chi connectivity index (χ1n) is 8.78. The first-order valence-corrected chi connectivity index (χ1v) is 8.78. The van der Waals surface area contributed by atoms with Crippen molar-refractivity contribution in [2.75, 3.05) is 5.32 Å². The van der Waals surface area contributed by atoms with Gasteiger partial charge in [-0.3, -0.25) is 14.2 Å². The van der Waals surface area contributed by atoms with Gasteiger partial charge < -0.3 is 5.32 Å². The molecule has 1 amide bonds. The van der Waals surface area contributed by atoms with E-state index in [9.17, 15) is 27.2 Å². The summed E-state index contributed by atoms with van der Waals surface area (Å²) < 4.78 is 55.7. The van der Waals surface area contributed by atoms with Crippen LogP contribution in [-0.4, -0.2) is 30.5 Å². The minimum Gasteiger partial charge on any atom is -0.322 e. The normalized spacial score (nSPS) is 11.1. The Bertz CT molecular complexity index is 1350. The molecule has 2 aromatic heterocycles. The molecule has 0 radical (unpaired) electrons. The first kappa shape index (κ1) is 20.2. The van der Waals surface area contributed by atoms with Gasteiger partial charge in [0.25, 0.3) is 5.56 Å². The van der Waals surface area contributed by atoms with Crippen LogP contribution < -0.4 is 10.9 Å². The Hall–Kier alpha value is -4.09. The summed E-state index contributed by atoms with van der Waals surface area (Å²) in [6.45, 7) is -0.638. The van der Waals surface area contributed by atoms with Crippen LogP contribution in [0.5, 0.6) is 0 Å². The quantitative estimate of drug-likeness (QED) is 0.488. The van der Waals surface area contributed by atoms with Crippen LogP contribution in [-0.2, 0) is 17.9 Å². The molecular formula is C19H12F4N6O2. The fourth-order valence-corrected chi connectivity index (χ4v) is 2.92. The van der Waals surface area contributed by atoms with Gasteiger partial charge in [0, 0.05) is 12.1 Å². The molecule has 0 saturated carbocycles. The predicted octanol–water partition coefficient (Wildman–Crippen LogP) is 2.23. The van der Waals surface area contributed by atoms with Gasteiger partial charge in [0.15, 0.2) is 11.2 Å². The molecule has 2 heterocycles. The molecule has 0 aliphatic heterocycles. The van der Waals surface area contributed by atoms with Gasteiger partial charge in [-0.15, -0.1) is 5.10 Å². The lowest BCUT2D eigenvalue weighted by Gasteiger charge is -2.08. The second kappa shape index (κ2) is 7.97. The Labute approximate surface area is 170 Å². The minimum absolute atomic E-state index is 0.0440. The molecule has 4 rings (SSSR count). The summed E-state index contributed by atoms with van der Waals surface area (Å²) in [5.41, 5.74) is -0.977. The molecule has 8 nitrogen and oxygen atoms in total. The molecule has 12 heteroatoms. The number of nitrogens with one attached hydrogen (secondary N) is 1. The number of aromatic nitrogens is 5. The van der Waals surface area contributed by atoms with Crippen molar-refractivity contribution in [2.24, 2.45) is 0 Å². The Morgan fingerprint density at radius 2 is 1.74 bits per heavy atom. The fraction of sp³-hybridized carbons (Fsp3) is 0.105. The number of hydrogen-bond acceptors (Lipinski definition) is 5. The zero-order valence-corrected chi connectivity index (χ0v) is 15.5. The molecule has 1 N–H and O–H groups in total. The van der Waals surface area contributed by atoms with E-state index in [-0.39, 0.29) is 29.0 Å². The summed E-state index contributed by atoms with van der Waals surface area (Å²) in [7, 11) is 0. The van der Waals surface area contributed by atoms with Gasteiger partial charge >= 0.3 is 0 Å². The Balaban J connectivity index is 1.56. The zero-order chi connectivity index (χ0) is 22.1. The van der Waals surface area contributed by atoms with Crippen LogP contribution in [0.4, 0.5) is 23.2 Å². The molecule has 0 unspecified atom stereocenters. The van der Waals surface area contributed by atoms with Crippen LogP contribution in [0, 0.1) is 23.3 Å². The van der Waals surface area contributed by atoms with Crippen molar-refractivity contribution in [1.82, 2.24) is 24.5 Å². The van der Waals surface area contributed by atoms with E-state index in [1.165, 1.54) is 4.68 Å². The standard InChI is InChI=1S/C19H12F4N6O2/c20-11-1-2-14(23)15(6-11)25-16(30)8-28-9-24-18-17(19(28)31)26-27-29(18)7-10-3-12(21)5-13(22)4-10/h1-6,9H,7-8H2,(H,25,30). The highest BCUT2D eigenvalue weighted by Crippen LogP contribution is 2.15. The number of benzene rings is 2. The van der Waals surface area contributed by atoms with E-state index in [0.717, 1.165) is 47.3 Å². The number of fused-ring (bicyclic) bond motifs is 1. The van der Waals surface area contributed by atoms with Gasteiger partial charge in [0.05, 0.1) is 12.2 Å². The van der Waals surface area contributed by atoms with Crippen LogP contribution in [0.2, 0.25) is 0 Å². The highest BCUT2D eigenvalue weighted by molar-refractivity contribution is 5.90. The maximum atomic E-state index is 13.7. The molecule has 0 saturated heterocycles. The summed E-state index contributed by atoms with van der Waals surface area (Å²) >= 11 is 0. The number of rotatable bonds is 5. The number of nitrogens with zero attached hydrogens (tertiary/aromatic N) is 5. The molecule has 0 spiro atoms. The van der Waals surface area contributed by atoms with Crippen molar-refractivity contribution in [3.05, 3.63) is 81.9 Å². The van der Waals surface area contributed by atoms with Crippen molar-refractivity contribution >= 4 is 22.8 Å². The van der Waals surface area contributed by atoms with Crippen molar-refractivity contribution in [3.63, 3.8) is 0 Å². The van der Waals surface area contributed by atoms with Crippen molar-refractivity contribution in [1.29, 1.82) is 0 Å². The third kappa shape index (κ3) is 4.27. The van der Waals surface area contributed by atoms with E-state index < -0.39 is 41.3 Å². The lowest BCUT2D eigenvalue weighted by atomic mass is 10.2. The summed E-state index contributed by atoms with van der Waals surface area (Å²) in [4.78, 5) is 28.8. The number of hydrogen-bond donors (Lipinski definition) is 1. The van der Waals surface area contributed by atoms with Gasteiger partial charge in [-0.05, 0) is 29.8 Å². The molecule has 2 aromatic carbocycles. The summed E-state index contributed by atoms with van der Waals surface area (Å²) in [5.74, 6) is -3.92. The summed E-state index contributed by atoms with van der Waals surface area (Å²) in [5, 5.41) is 9.67. The Kier molecular flexibility index (Phi) is 5.19. The summed E-state index contributed by atoms with van der Waals surface area (Å²) in [6, 6.07) is 5.49. The summed E-state index contributed by atoms with van der Waals surface area (Å²) in [6.07, 6.45) is 1.05. The highest BCUT2D eigenvalue weighted by Gasteiger charge is 2.15. The second-order valence-electron chi connectivity index (χ2n) is 6.55. The van der Waals surface area contributed by atoms with Crippen LogP contribution in [0.3, 0.4) is 0 Å². The average Bonchev–Trinajstić information content (AvgIpc) is 3.09. The number of amides is 1. The maximum absolute atomic E-state index is 13.7.